The monoisotopic (exact) mass is 411 g/mol. The average Bonchev–Trinajstić information content (AvgIpc) is 3.00. The fourth-order valence-electron chi connectivity index (χ4n) is 3.66. The summed E-state index contributed by atoms with van der Waals surface area (Å²) in [6.45, 7) is 3.79. The van der Waals surface area contributed by atoms with Crippen molar-refractivity contribution in [1.29, 1.82) is 0 Å². The fourth-order valence-corrected chi connectivity index (χ4v) is 3.66. The number of hydrogen-bond donors (Lipinski definition) is 0. The van der Waals surface area contributed by atoms with E-state index in [4.69, 9.17) is 14.2 Å². The third kappa shape index (κ3) is 4.15. The number of nitrogens with zero attached hydrogens (tertiary/aromatic N) is 1. The first kappa shape index (κ1) is 21.4. The normalized spacial score (nSPS) is 15.1. The Hall–Kier alpha value is -3.35. The van der Waals surface area contributed by atoms with Crippen molar-refractivity contribution in [3.8, 4) is 5.75 Å². The van der Waals surface area contributed by atoms with Crippen LogP contribution in [0.3, 0.4) is 0 Å². The summed E-state index contributed by atoms with van der Waals surface area (Å²) in [4.78, 5) is 40.5. The van der Waals surface area contributed by atoms with Gasteiger partial charge in [0.25, 0.3) is 0 Å². The van der Waals surface area contributed by atoms with E-state index in [9.17, 15) is 14.4 Å². The van der Waals surface area contributed by atoms with E-state index in [2.05, 4.69) is 0 Å². The van der Waals surface area contributed by atoms with E-state index < -0.39 is 23.8 Å². The first-order chi connectivity index (χ1) is 14.5. The molecular weight excluding hydrogens is 386 g/mol. The van der Waals surface area contributed by atoms with Crippen LogP contribution in [0, 0.1) is 5.92 Å². The maximum Gasteiger partial charge on any atom is 0.321 e. The summed E-state index contributed by atoms with van der Waals surface area (Å²) in [5.41, 5.74) is 2.10. The molecule has 0 radical (unpaired) electrons. The molecule has 3 rings (SSSR count). The first-order valence-electron chi connectivity index (χ1n) is 9.88. The van der Waals surface area contributed by atoms with Gasteiger partial charge >= 0.3 is 11.9 Å². The van der Waals surface area contributed by atoms with Crippen molar-refractivity contribution in [2.75, 3.05) is 25.2 Å². The van der Waals surface area contributed by atoms with Crippen LogP contribution < -0.4 is 9.64 Å². The number of benzene rings is 2. The Balaban J connectivity index is 2.07. The largest absolute Gasteiger partial charge is 0.497 e. The molecule has 0 saturated carbocycles. The molecule has 158 valence electrons. The highest BCUT2D eigenvalue weighted by atomic mass is 16.6. The Kier molecular flexibility index (Phi) is 6.72. The third-order valence-electron chi connectivity index (χ3n) is 4.99. The second-order valence-electron chi connectivity index (χ2n) is 6.79. The van der Waals surface area contributed by atoms with Crippen LogP contribution in [0.25, 0.3) is 0 Å². The maximum absolute atomic E-state index is 13.5. The standard InChI is InChI=1S/C23H25NO6/c1-4-29-22(26)20(23(27)30-5-2)19-17-13-16(28-3)11-12-18(17)24(21(19)25)14-15-9-7-6-8-10-15/h6-13,19-20H,4-5,14H2,1-3H3. The van der Waals surface area contributed by atoms with Crippen LogP contribution in [0.15, 0.2) is 48.5 Å². The molecule has 0 aliphatic carbocycles. The van der Waals surface area contributed by atoms with E-state index in [1.54, 1.807) is 36.9 Å². The molecule has 7 heteroatoms. The third-order valence-corrected chi connectivity index (χ3v) is 4.99. The lowest BCUT2D eigenvalue weighted by molar-refractivity contribution is -0.164. The molecule has 0 saturated heterocycles. The molecule has 1 amide bonds. The Morgan fingerprint density at radius 2 is 1.63 bits per heavy atom. The lowest BCUT2D eigenvalue weighted by atomic mass is 9.86. The quantitative estimate of drug-likeness (QED) is 0.491. The molecule has 30 heavy (non-hydrogen) atoms. The van der Waals surface area contributed by atoms with Gasteiger partial charge in [0, 0.05) is 5.69 Å². The highest BCUT2D eigenvalue weighted by Gasteiger charge is 2.49. The molecule has 7 nitrogen and oxygen atoms in total. The first-order valence-corrected chi connectivity index (χ1v) is 9.88. The molecule has 0 fully saturated rings. The molecule has 0 bridgehead atoms. The zero-order chi connectivity index (χ0) is 21.7. The van der Waals surface area contributed by atoms with E-state index in [0.717, 1.165) is 5.56 Å². The zero-order valence-electron chi connectivity index (χ0n) is 17.3. The number of hydrogen-bond acceptors (Lipinski definition) is 6. The van der Waals surface area contributed by atoms with E-state index in [1.807, 2.05) is 30.3 Å². The summed E-state index contributed by atoms with van der Waals surface area (Å²) >= 11 is 0. The molecule has 2 aromatic carbocycles. The number of methoxy groups -OCH3 is 1. The number of rotatable bonds is 8. The molecule has 0 aromatic heterocycles. The number of amides is 1. The smallest absolute Gasteiger partial charge is 0.321 e. The predicted octanol–water partition coefficient (Wildman–Crippen LogP) is 3.07. The topological polar surface area (TPSA) is 82.1 Å². The van der Waals surface area contributed by atoms with Crippen LogP contribution in [0.4, 0.5) is 5.69 Å². The summed E-state index contributed by atoms with van der Waals surface area (Å²) in [5.74, 6) is -3.80. The van der Waals surface area contributed by atoms with Crippen LogP contribution >= 0.6 is 0 Å². The highest BCUT2D eigenvalue weighted by molar-refractivity contribution is 6.11. The number of ether oxygens (including phenoxy) is 3. The number of esters is 2. The van der Waals surface area contributed by atoms with E-state index in [0.29, 0.717) is 23.5 Å². The minimum Gasteiger partial charge on any atom is -0.497 e. The second-order valence-corrected chi connectivity index (χ2v) is 6.79. The van der Waals surface area contributed by atoms with Crippen LogP contribution in [0.1, 0.15) is 30.9 Å². The van der Waals surface area contributed by atoms with Crippen molar-refractivity contribution in [2.24, 2.45) is 5.92 Å². The van der Waals surface area contributed by atoms with Gasteiger partial charge in [-0.25, -0.2) is 0 Å². The minimum absolute atomic E-state index is 0.0916. The second kappa shape index (κ2) is 9.43. The van der Waals surface area contributed by atoms with Crippen LogP contribution in [0.5, 0.6) is 5.75 Å². The molecule has 1 unspecified atom stereocenters. The van der Waals surface area contributed by atoms with Gasteiger partial charge in [-0.2, -0.15) is 0 Å². The number of anilines is 1. The van der Waals surface area contributed by atoms with Crippen LogP contribution in [0.2, 0.25) is 0 Å². The molecule has 2 aromatic rings. The molecule has 0 spiro atoms. The summed E-state index contributed by atoms with van der Waals surface area (Å²) in [6.07, 6.45) is 0. The Morgan fingerprint density at radius 3 is 2.20 bits per heavy atom. The zero-order valence-corrected chi connectivity index (χ0v) is 17.3. The van der Waals surface area contributed by atoms with Crippen molar-refractivity contribution in [3.05, 3.63) is 59.7 Å². The van der Waals surface area contributed by atoms with Crippen molar-refractivity contribution in [1.82, 2.24) is 0 Å². The lowest BCUT2D eigenvalue weighted by Gasteiger charge is -2.21. The molecule has 1 heterocycles. The Bertz CT molecular complexity index is 909. The molecule has 1 aliphatic heterocycles. The molecule has 0 N–H and O–H groups in total. The van der Waals surface area contributed by atoms with Crippen molar-refractivity contribution in [3.63, 3.8) is 0 Å². The van der Waals surface area contributed by atoms with Crippen molar-refractivity contribution in [2.45, 2.75) is 26.3 Å². The molecular formula is C23H25NO6. The van der Waals surface area contributed by atoms with E-state index >= 15 is 0 Å². The maximum atomic E-state index is 13.5. The highest BCUT2D eigenvalue weighted by Crippen LogP contribution is 2.44. The minimum atomic E-state index is -1.39. The Morgan fingerprint density at radius 1 is 1.00 bits per heavy atom. The molecule has 1 aliphatic rings. The van der Waals surface area contributed by atoms with E-state index in [-0.39, 0.29) is 19.1 Å². The average molecular weight is 411 g/mol. The summed E-state index contributed by atoms with van der Waals surface area (Å²) in [7, 11) is 1.52. The summed E-state index contributed by atoms with van der Waals surface area (Å²) in [6, 6.07) is 14.7. The van der Waals surface area contributed by atoms with Gasteiger partial charge in [-0.3, -0.25) is 14.4 Å². The van der Waals surface area contributed by atoms with Gasteiger partial charge in [-0.05, 0) is 43.2 Å². The van der Waals surface area contributed by atoms with Crippen molar-refractivity contribution < 1.29 is 28.6 Å². The molecule has 1 atom stereocenters. The number of carbonyl (C=O) groups excluding carboxylic acids is 3. The van der Waals surface area contributed by atoms with Crippen LogP contribution in [-0.4, -0.2) is 38.2 Å². The van der Waals surface area contributed by atoms with Gasteiger partial charge in [-0.1, -0.05) is 30.3 Å². The summed E-state index contributed by atoms with van der Waals surface area (Å²) < 4.78 is 15.5. The van der Waals surface area contributed by atoms with Gasteiger partial charge in [0.1, 0.15) is 5.75 Å². The van der Waals surface area contributed by atoms with Gasteiger partial charge in [0.15, 0.2) is 5.92 Å². The van der Waals surface area contributed by atoms with Gasteiger partial charge in [0.2, 0.25) is 5.91 Å². The Labute approximate surface area is 175 Å². The van der Waals surface area contributed by atoms with Crippen molar-refractivity contribution >= 4 is 23.5 Å². The van der Waals surface area contributed by atoms with Gasteiger partial charge in [-0.15, -0.1) is 0 Å². The van der Waals surface area contributed by atoms with E-state index in [1.165, 1.54) is 7.11 Å². The van der Waals surface area contributed by atoms with Crippen LogP contribution in [-0.2, 0) is 30.4 Å². The predicted molar refractivity (Wildman–Crippen MR) is 110 cm³/mol. The lowest BCUT2D eigenvalue weighted by Crippen LogP contribution is -2.39. The summed E-state index contributed by atoms with van der Waals surface area (Å²) in [5, 5.41) is 0. The SMILES string of the molecule is CCOC(=O)C(C(=O)OCC)C1C(=O)N(Cc2ccccc2)c2ccc(OC)cc21. The number of fused-ring (bicyclic) bond motifs is 1. The number of carbonyl (C=O) groups is 3. The van der Waals surface area contributed by atoms with Gasteiger partial charge < -0.3 is 19.1 Å². The van der Waals surface area contributed by atoms with Gasteiger partial charge in [0.05, 0.1) is 32.8 Å². The fraction of sp³-hybridized carbons (Fsp3) is 0.348.